The van der Waals surface area contributed by atoms with Crippen molar-refractivity contribution < 1.29 is 22.7 Å². The van der Waals surface area contributed by atoms with Crippen LogP contribution in [0.3, 0.4) is 0 Å². The normalized spacial score (nSPS) is 15.6. The molecule has 0 unspecified atom stereocenters. The average Bonchev–Trinajstić information content (AvgIpc) is 2.78. The van der Waals surface area contributed by atoms with Crippen LogP contribution in [0.2, 0.25) is 0 Å². The van der Waals surface area contributed by atoms with Crippen LogP contribution in [-0.4, -0.2) is 52.0 Å². The summed E-state index contributed by atoms with van der Waals surface area (Å²) < 4.78 is 37.7. The van der Waals surface area contributed by atoms with Crippen molar-refractivity contribution in [1.82, 2.24) is 9.62 Å². The Hall–Kier alpha value is -2.58. The van der Waals surface area contributed by atoms with Crippen molar-refractivity contribution in [2.45, 2.75) is 37.1 Å². The molecule has 2 aromatic rings. The van der Waals surface area contributed by atoms with Crippen LogP contribution in [0.15, 0.2) is 47.4 Å². The number of aryl methyl sites for hydroxylation is 1. The lowest BCUT2D eigenvalue weighted by atomic mass is 10.1. The van der Waals surface area contributed by atoms with Gasteiger partial charge >= 0.3 is 0 Å². The number of amides is 1. The highest BCUT2D eigenvalue weighted by Gasteiger charge is 2.30. The van der Waals surface area contributed by atoms with E-state index in [0.29, 0.717) is 47.9 Å². The molecule has 3 rings (SSSR count). The average molecular weight is 433 g/mol. The van der Waals surface area contributed by atoms with Gasteiger partial charge in [-0.1, -0.05) is 19.1 Å². The zero-order valence-electron chi connectivity index (χ0n) is 17.6. The van der Waals surface area contributed by atoms with E-state index in [1.54, 1.807) is 30.3 Å². The molecular weight excluding hydrogens is 404 g/mol. The van der Waals surface area contributed by atoms with Crippen molar-refractivity contribution in [3.8, 4) is 11.5 Å². The summed E-state index contributed by atoms with van der Waals surface area (Å²) in [4.78, 5) is 12.9. The fourth-order valence-electron chi connectivity index (χ4n) is 3.53. The fourth-order valence-corrected chi connectivity index (χ4v) is 5.00. The summed E-state index contributed by atoms with van der Waals surface area (Å²) in [5.74, 6) is 0.826. The zero-order chi connectivity index (χ0) is 21.7. The minimum Gasteiger partial charge on any atom is -0.493 e. The number of nitrogens with zero attached hydrogens (tertiary/aromatic N) is 1. The first-order chi connectivity index (χ1) is 14.4. The van der Waals surface area contributed by atoms with Gasteiger partial charge < -0.3 is 14.8 Å². The predicted octanol–water partition coefficient (Wildman–Crippen LogP) is 2.85. The molecule has 1 amide bonds. The molecule has 1 N–H and O–H groups in total. The lowest BCUT2D eigenvalue weighted by Gasteiger charge is -2.31. The molecule has 0 atom stereocenters. The number of rotatable bonds is 7. The minimum absolute atomic E-state index is 0.0838. The minimum atomic E-state index is -3.52. The molecule has 0 saturated carbocycles. The van der Waals surface area contributed by atoms with Crippen molar-refractivity contribution in [2.24, 2.45) is 0 Å². The van der Waals surface area contributed by atoms with Gasteiger partial charge in [0.1, 0.15) is 0 Å². The Morgan fingerprint density at radius 2 is 1.67 bits per heavy atom. The number of ether oxygens (including phenoxy) is 2. The second-order valence-electron chi connectivity index (χ2n) is 7.22. The molecule has 0 aromatic heterocycles. The van der Waals surface area contributed by atoms with Crippen molar-refractivity contribution >= 4 is 15.9 Å². The van der Waals surface area contributed by atoms with Crippen molar-refractivity contribution in [1.29, 1.82) is 0 Å². The van der Waals surface area contributed by atoms with Crippen LogP contribution in [-0.2, 0) is 16.4 Å². The Morgan fingerprint density at radius 1 is 1.03 bits per heavy atom. The smallest absolute Gasteiger partial charge is 0.251 e. The van der Waals surface area contributed by atoms with E-state index >= 15 is 0 Å². The molecule has 0 bridgehead atoms. The van der Waals surface area contributed by atoms with E-state index < -0.39 is 10.0 Å². The maximum atomic E-state index is 12.9. The topological polar surface area (TPSA) is 84.9 Å². The van der Waals surface area contributed by atoms with E-state index in [1.165, 1.54) is 18.5 Å². The number of sulfonamides is 1. The summed E-state index contributed by atoms with van der Waals surface area (Å²) >= 11 is 0. The SMILES string of the molecule is CCc1ccc(S(=O)(=O)N2CCC(NC(=O)c3ccc(OC)c(OC)c3)CC2)cc1. The van der Waals surface area contributed by atoms with Gasteiger partial charge in [-0.15, -0.1) is 0 Å². The number of benzene rings is 2. The molecule has 1 aliphatic rings. The van der Waals surface area contributed by atoms with Crippen LogP contribution in [0, 0.1) is 0 Å². The molecule has 0 spiro atoms. The van der Waals surface area contributed by atoms with Crippen LogP contribution >= 0.6 is 0 Å². The third-order valence-electron chi connectivity index (χ3n) is 5.40. The molecule has 8 heteroatoms. The largest absolute Gasteiger partial charge is 0.493 e. The first kappa shape index (κ1) is 22.1. The molecule has 1 aliphatic heterocycles. The molecule has 0 radical (unpaired) electrons. The lowest BCUT2D eigenvalue weighted by Crippen LogP contribution is -2.46. The summed E-state index contributed by atoms with van der Waals surface area (Å²) in [5.41, 5.74) is 1.57. The molecule has 7 nitrogen and oxygen atoms in total. The fraction of sp³-hybridized carbons (Fsp3) is 0.409. The summed E-state index contributed by atoms with van der Waals surface area (Å²) in [5, 5.41) is 2.99. The third-order valence-corrected chi connectivity index (χ3v) is 7.32. The summed E-state index contributed by atoms with van der Waals surface area (Å²) in [6.45, 7) is 2.77. The van der Waals surface area contributed by atoms with Crippen LogP contribution in [0.4, 0.5) is 0 Å². The van der Waals surface area contributed by atoms with Gasteiger partial charge in [0.05, 0.1) is 19.1 Å². The number of nitrogens with one attached hydrogen (secondary N) is 1. The lowest BCUT2D eigenvalue weighted by molar-refractivity contribution is 0.0923. The second-order valence-corrected chi connectivity index (χ2v) is 9.16. The monoisotopic (exact) mass is 432 g/mol. The molecular formula is C22H28N2O5S. The maximum absolute atomic E-state index is 12.9. The van der Waals surface area contributed by atoms with Gasteiger partial charge in [0.25, 0.3) is 5.91 Å². The highest BCUT2D eigenvalue weighted by molar-refractivity contribution is 7.89. The molecule has 30 heavy (non-hydrogen) atoms. The second kappa shape index (κ2) is 9.49. The Labute approximate surface area is 178 Å². The van der Waals surface area contributed by atoms with E-state index in [4.69, 9.17) is 9.47 Å². The number of hydrogen-bond donors (Lipinski definition) is 1. The number of methoxy groups -OCH3 is 2. The van der Waals surface area contributed by atoms with E-state index in [1.807, 2.05) is 19.1 Å². The first-order valence-corrected chi connectivity index (χ1v) is 11.4. The third kappa shape index (κ3) is 4.76. The van der Waals surface area contributed by atoms with E-state index in [0.717, 1.165) is 12.0 Å². The van der Waals surface area contributed by atoms with Gasteiger partial charge in [-0.2, -0.15) is 4.31 Å². The zero-order valence-corrected chi connectivity index (χ0v) is 18.4. The van der Waals surface area contributed by atoms with E-state index in [9.17, 15) is 13.2 Å². The molecule has 1 fully saturated rings. The summed E-state index contributed by atoms with van der Waals surface area (Å²) in [6, 6.07) is 11.9. The van der Waals surface area contributed by atoms with Crippen LogP contribution in [0.25, 0.3) is 0 Å². The Kier molecular flexibility index (Phi) is 6.99. The molecule has 2 aromatic carbocycles. The van der Waals surface area contributed by atoms with Crippen molar-refractivity contribution in [3.63, 3.8) is 0 Å². The number of piperidine rings is 1. The summed E-state index contributed by atoms with van der Waals surface area (Å²) in [7, 11) is -0.459. The number of carbonyl (C=O) groups excluding carboxylic acids is 1. The van der Waals surface area contributed by atoms with Crippen LogP contribution in [0.5, 0.6) is 11.5 Å². The molecule has 162 valence electrons. The Balaban J connectivity index is 1.60. The van der Waals surface area contributed by atoms with Crippen molar-refractivity contribution in [2.75, 3.05) is 27.3 Å². The van der Waals surface area contributed by atoms with Crippen molar-refractivity contribution in [3.05, 3.63) is 53.6 Å². The highest BCUT2D eigenvalue weighted by Crippen LogP contribution is 2.28. The van der Waals surface area contributed by atoms with Gasteiger partial charge in [0.2, 0.25) is 10.0 Å². The van der Waals surface area contributed by atoms with Gasteiger partial charge in [-0.05, 0) is 55.2 Å². The van der Waals surface area contributed by atoms with Gasteiger partial charge in [-0.25, -0.2) is 8.42 Å². The Morgan fingerprint density at radius 3 is 2.23 bits per heavy atom. The molecule has 0 aliphatic carbocycles. The van der Waals surface area contributed by atoms with Gasteiger partial charge in [0.15, 0.2) is 11.5 Å². The number of hydrogen-bond acceptors (Lipinski definition) is 5. The quantitative estimate of drug-likeness (QED) is 0.727. The first-order valence-electron chi connectivity index (χ1n) is 10.0. The van der Waals surface area contributed by atoms with Gasteiger partial charge in [-0.3, -0.25) is 4.79 Å². The van der Waals surface area contributed by atoms with E-state index in [-0.39, 0.29) is 11.9 Å². The van der Waals surface area contributed by atoms with Crippen LogP contribution in [0.1, 0.15) is 35.7 Å². The maximum Gasteiger partial charge on any atom is 0.251 e. The van der Waals surface area contributed by atoms with Gasteiger partial charge in [0, 0.05) is 24.7 Å². The molecule has 1 heterocycles. The van der Waals surface area contributed by atoms with E-state index in [2.05, 4.69) is 5.32 Å². The predicted molar refractivity (Wildman–Crippen MR) is 115 cm³/mol. The molecule has 1 saturated heterocycles. The standard InChI is InChI=1S/C22H28N2O5S/c1-4-16-5-8-19(9-6-16)30(26,27)24-13-11-18(12-14-24)23-22(25)17-7-10-20(28-2)21(15-17)29-3/h5-10,15,18H,4,11-14H2,1-3H3,(H,23,25). The number of carbonyl (C=O) groups is 1. The highest BCUT2D eigenvalue weighted by atomic mass is 32.2. The Bertz CT molecular complexity index is 981. The summed E-state index contributed by atoms with van der Waals surface area (Å²) in [6.07, 6.45) is 1.99. The van der Waals surface area contributed by atoms with Crippen LogP contribution < -0.4 is 14.8 Å².